The predicted octanol–water partition coefficient (Wildman–Crippen LogP) is 3.56. The average Bonchev–Trinajstić information content (AvgIpc) is 2.99. The third-order valence-corrected chi connectivity index (χ3v) is 11.0. The molecule has 0 radical (unpaired) electrons. The van der Waals surface area contributed by atoms with Gasteiger partial charge in [0, 0.05) is 36.9 Å². The van der Waals surface area contributed by atoms with Crippen molar-refractivity contribution in [1.82, 2.24) is 4.31 Å². The smallest absolute Gasteiger partial charge is 0.335 e. The molecule has 2 aromatic rings. The third kappa shape index (κ3) is 7.73. The van der Waals surface area contributed by atoms with Gasteiger partial charge in [-0.05, 0) is 56.0 Å². The average molecular weight is 691 g/mol. The van der Waals surface area contributed by atoms with Gasteiger partial charge in [0.15, 0.2) is 10.6 Å². The minimum absolute atomic E-state index is 0.00803. The number of aromatic carboxylic acids is 1. The maximum Gasteiger partial charge on any atom is 0.335 e. The zero-order valence-electron chi connectivity index (χ0n) is 25.5. The number of carbonyl (C=O) groups is 2. The number of hydrogen-bond acceptors (Lipinski definition) is 10. The van der Waals surface area contributed by atoms with E-state index in [9.17, 15) is 36.1 Å². The van der Waals surface area contributed by atoms with E-state index in [2.05, 4.69) is 0 Å². The van der Waals surface area contributed by atoms with Gasteiger partial charge in [0.05, 0.1) is 17.0 Å². The fourth-order valence-corrected chi connectivity index (χ4v) is 8.49. The first-order valence-electron chi connectivity index (χ1n) is 15.0. The molecule has 2 aliphatic rings. The zero-order chi connectivity index (χ0) is 34.5. The quantitative estimate of drug-likeness (QED) is 0.0840. The molecule has 1 aliphatic heterocycles. The normalized spacial score (nSPS) is 17.7. The Morgan fingerprint density at radius 3 is 2.19 bits per heavy atom. The van der Waals surface area contributed by atoms with Gasteiger partial charge in [-0.25, -0.2) is 13.2 Å². The molecule has 0 aromatic heterocycles. The maximum absolute atomic E-state index is 14.5. The summed E-state index contributed by atoms with van der Waals surface area (Å²) in [5.41, 5.74) is 11.0. The van der Waals surface area contributed by atoms with E-state index in [1.54, 1.807) is 6.07 Å². The Labute approximate surface area is 273 Å². The molecule has 0 amide bonds. The van der Waals surface area contributed by atoms with E-state index in [1.165, 1.54) is 46.8 Å². The summed E-state index contributed by atoms with van der Waals surface area (Å²) >= 11 is 0. The van der Waals surface area contributed by atoms with Crippen LogP contribution in [0.25, 0.3) is 0 Å². The number of unbranched alkanes of at least 4 members (excludes halogenated alkanes) is 4. The summed E-state index contributed by atoms with van der Waals surface area (Å²) in [6.45, 7) is 0.485. The predicted molar refractivity (Wildman–Crippen MR) is 173 cm³/mol. The fraction of sp³-hybridized carbons (Fsp3) is 0.387. The van der Waals surface area contributed by atoms with Crippen LogP contribution in [0.4, 0.5) is 5.69 Å². The number of allylic oxidation sites excluding steroid dienone is 3. The lowest BCUT2D eigenvalue weighted by atomic mass is 9.74. The molecule has 2 unspecified atom stereocenters. The highest BCUT2D eigenvalue weighted by atomic mass is 32.2. The van der Waals surface area contributed by atoms with Crippen molar-refractivity contribution in [2.24, 2.45) is 11.7 Å². The van der Waals surface area contributed by atoms with E-state index in [1.807, 2.05) is 0 Å². The number of carboxylic acid groups (broad SMARTS) is 2. The number of nitrogens with zero attached hydrogens (tertiary/aromatic N) is 1. The summed E-state index contributed by atoms with van der Waals surface area (Å²) < 4.78 is 71.6. The van der Waals surface area contributed by atoms with Crippen LogP contribution in [-0.2, 0) is 24.9 Å². The second kappa shape index (κ2) is 14.8. The molecule has 0 fully saturated rings. The summed E-state index contributed by atoms with van der Waals surface area (Å²) in [5, 5.41) is 27.8. The maximum atomic E-state index is 14.5. The standard InChI is InChI=1S/C31H38N4O10S2/c32-16-6-2-8-18-35(17-7-1-3-11-25(36)37)46(40,41)29-23(33)14-12-21-26(19-9-4-5-10-20(19)31(38)39)22-13-15-24(34)30(47(42,43)44)28(22)45-27(21)29/h4-5,9-10,12-15,21,26,33H,1-3,6-8,11,16-18,32,34H2,(H,36,37)(H,38,39)(H,42,43,44). The number of nitrogen functional groups attached to an aromatic ring is 1. The minimum atomic E-state index is -5.04. The second-order valence-corrected chi connectivity index (χ2v) is 14.5. The Morgan fingerprint density at radius 1 is 0.915 bits per heavy atom. The van der Waals surface area contributed by atoms with Crippen molar-refractivity contribution in [3.63, 3.8) is 0 Å². The molecule has 0 spiro atoms. The van der Waals surface area contributed by atoms with E-state index < -0.39 is 65.2 Å². The molecular weight excluding hydrogens is 652 g/mol. The third-order valence-electron chi connectivity index (χ3n) is 8.11. The molecule has 1 heterocycles. The lowest BCUT2D eigenvalue weighted by Gasteiger charge is -2.38. The van der Waals surface area contributed by atoms with E-state index >= 15 is 0 Å². The van der Waals surface area contributed by atoms with Gasteiger partial charge in [0.2, 0.25) is 10.0 Å². The number of ether oxygens (including phenoxy) is 1. The summed E-state index contributed by atoms with van der Waals surface area (Å²) in [5.74, 6) is -5.06. The van der Waals surface area contributed by atoms with E-state index in [0.29, 0.717) is 45.1 Å². The van der Waals surface area contributed by atoms with Crippen molar-refractivity contribution in [2.45, 2.75) is 55.8 Å². The van der Waals surface area contributed by atoms with Crippen LogP contribution in [0, 0.1) is 11.3 Å². The van der Waals surface area contributed by atoms with Crippen LogP contribution in [0.15, 0.2) is 64.1 Å². The molecule has 47 heavy (non-hydrogen) atoms. The molecular formula is C31H38N4O10S2. The van der Waals surface area contributed by atoms with Crippen LogP contribution in [-0.4, -0.2) is 73.2 Å². The number of rotatable bonds is 16. The monoisotopic (exact) mass is 690 g/mol. The fourth-order valence-electron chi connectivity index (χ4n) is 5.96. The Bertz CT molecular complexity index is 1840. The SMILES string of the molecule is N=C1C=CC2C(=C1S(=O)(=O)N(CCCCCN)CCCCCC(=O)O)Oc1c(ccc(N)c1S(=O)(=O)O)C2c1ccccc1C(=O)O. The first kappa shape index (κ1) is 35.8. The van der Waals surface area contributed by atoms with Gasteiger partial charge >= 0.3 is 11.9 Å². The highest BCUT2D eigenvalue weighted by molar-refractivity contribution is 7.94. The lowest BCUT2D eigenvalue weighted by Crippen LogP contribution is -2.39. The summed E-state index contributed by atoms with van der Waals surface area (Å²) in [7, 11) is -9.56. The zero-order valence-corrected chi connectivity index (χ0v) is 27.1. The van der Waals surface area contributed by atoms with E-state index in [-0.39, 0.29) is 47.6 Å². The summed E-state index contributed by atoms with van der Waals surface area (Å²) in [6, 6.07) is 8.64. The summed E-state index contributed by atoms with van der Waals surface area (Å²) in [4.78, 5) is 21.9. The number of nitrogens with two attached hydrogens (primary N) is 2. The first-order valence-corrected chi connectivity index (χ1v) is 17.9. The van der Waals surface area contributed by atoms with Gasteiger partial charge < -0.3 is 26.4 Å². The molecule has 14 nitrogen and oxygen atoms in total. The number of anilines is 1. The molecule has 0 saturated heterocycles. The van der Waals surface area contributed by atoms with Crippen molar-refractivity contribution < 1.29 is 45.9 Å². The van der Waals surface area contributed by atoms with Crippen molar-refractivity contribution in [2.75, 3.05) is 25.4 Å². The lowest BCUT2D eigenvalue weighted by molar-refractivity contribution is -0.137. The van der Waals surface area contributed by atoms with Crippen LogP contribution >= 0.6 is 0 Å². The number of nitrogens with one attached hydrogen (secondary N) is 1. The molecule has 1 aliphatic carbocycles. The van der Waals surface area contributed by atoms with Gasteiger partial charge in [-0.15, -0.1) is 0 Å². The van der Waals surface area contributed by atoms with Gasteiger partial charge in [0.1, 0.15) is 10.7 Å². The Kier molecular flexibility index (Phi) is 11.2. The van der Waals surface area contributed by atoms with Gasteiger partial charge in [-0.3, -0.25) is 14.8 Å². The van der Waals surface area contributed by atoms with Gasteiger partial charge in [0.25, 0.3) is 10.1 Å². The van der Waals surface area contributed by atoms with Crippen LogP contribution in [0.2, 0.25) is 0 Å². The van der Waals surface area contributed by atoms with E-state index in [4.69, 9.17) is 26.7 Å². The highest BCUT2D eigenvalue weighted by Crippen LogP contribution is 2.52. The largest absolute Gasteiger partial charge is 0.481 e. The molecule has 16 heteroatoms. The topological polar surface area (TPSA) is 251 Å². The number of benzene rings is 2. The van der Waals surface area contributed by atoms with Crippen LogP contribution in [0.1, 0.15) is 72.3 Å². The van der Waals surface area contributed by atoms with Crippen molar-refractivity contribution in [1.29, 1.82) is 5.41 Å². The number of sulfonamides is 1. The molecule has 0 bridgehead atoms. The Morgan fingerprint density at radius 2 is 1.57 bits per heavy atom. The second-order valence-electron chi connectivity index (χ2n) is 11.3. The van der Waals surface area contributed by atoms with Crippen molar-refractivity contribution in [3.8, 4) is 5.75 Å². The molecule has 2 aromatic carbocycles. The van der Waals surface area contributed by atoms with Crippen LogP contribution in [0.3, 0.4) is 0 Å². The number of carboxylic acids is 2. The molecule has 2 atom stereocenters. The number of hydrogen-bond donors (Lipinski definition) is 6. The van der Waals surface area contributed by atoms with Crippen LogP contribution in [0.5, 0.6) is 5.75 Å². The van der Waals surface area contributed by atoms with Crippen molar-refractivity contribution in [3.05, 3.63) is 75.9 Å². The number of fused-ring (bicyclic) bond motifs is 2. The molecule has 254 valence electrons. The van der Waals surface area contributed by atoms with Gasteiger partial charge in [-0.2, -0.15) is 12.7 Å². The number of aliphatic carboxylic acids is 1. The Hall–Kier alpha value is -4.09. The molecule has 4 rings (SSSR count). The highest BCUT2D eigenvalue weighted by Gasteiger charge is 2.46. The van der Waals surface area contributed by atoms with Crippen molar-refractivity contribution >= 4 is 43.5 Å². The van der Waals surface area contributed by atoms with Gasteiger partial charge in [-0.1, -0.05) is 43.2 Å². The first-order chi connectivity index (χ1) is 22.2. The van der Waals surface area contributed by atoms with E-state index in [0.717, 1.165) is 0 Å². The summed E-state index contributed by atoms with van der Waals surface area (Å²) in [6.07, 6.45) is 5.56. The minimum Gasteiger partial charge on any atom is -0.481 e. The molecule has 0 saturated carbocycles. The van der Waals surface area contributed by atoms with Crippen LogP contribution < -0.4 is 16.2 Å². The Balaban J connectivity index is 1.93. The molecule has 8 N–H and O–H groups in total.